The van der Waals surface area contributed by atoms with Gasteiger partial charge in [0, 0.05) is 38.3 Å². The monoisotopic (exact) mass is 402 g/mol. The molecule has 0 spiro atoms. The van der Waals surface area contributed by atoms with Gasteiger partial charge in [-0.15, -0.1) is 0 Å². The predicted octanol–water partition coefficient (Wildman–Crippen LogP) is 3.93. The SMILES string of the molecule is CCOC(CCNC(=NC)NCc1cccc(NC(=O)C2CCCC2)c1)C(C)C. The van der Waals surface area contributed by atoms with E-state index in [0.29, 0.717) is 12.5 Å². The van der Waals surface area contributed by atoms with Crippen LogP contribution in [-0.2, 0) is 16.1 Å². The third-order valence-electron chi connectivity index (χ3n) is 5.45. The summed E-state index contributed by atoms with van der Waals surface area (Å²) in [7, 11) is 1.77. The molecule has 1 aliphatic carbocycles. The zero-order valence-corrected chi connectivity index (χ0v) is 18.5. The van der Waals surface area contributed by atoms with Crippen LogP contribution in [0.4, 0.5) is 5.69 Å². The van der Waals surface area contributed by atoms with E-state index in [9.17, 15) is 4.79 Å². The fourth-order valence-corrected chi connectivity index (χ4v) is 3.75. The Kier molecular flexibility index (Phi) is 9.98. The molecular weight excluding hydrogens is 364 g/mol. The number of nitrogens with one attached hydrogen (secondary N) is 3. The van der Waals surface area contributed by atoms with E-state index in [4.69, 9.17) is 4.74 Å². The highest BCUT2D eigenvalue weighted by molar-refractivity contribution is 5.92. The number of ether oxygens (including phenoxy) is 1. The van der Waals surface area contributed by atoms with Crippen LogP contribution in [0.2, 0.25) is 0 Å². The molecule has 6 nitrogen and oxygen atoms in total. The van der Waals surface area contributed by atoms with E-state index in [0.717, 1.165) is 62.5 Å². The zero-order chi connectivity index (χ0) is 21.1. The van der Waals surface area contributed by atoms with Gasteiger partial charge < -0.3 is 20.7 Å². The summed E-state index contributed by atoms with van der Waals surface area (Å²) in [6.07, 6.45) is 5.54. The van der Waals surface area contributed by atoms with E-state index in [2.05, 4.69) is 40.9 Å². The summed E-state index contributed by atoms with van der Waals surface area (Å²) in [5, 5.41) is 9.77. The van der Waals surface area contributed by atoms with Crippen LogP contribution in [0.25, 0.3) is 0 Å². The van der Waals surface area contributed by atoms with Gasteiger partial charge in [-0.3, -0.25) is 9.79 Å². The fraction of sp³-hybridized carbons (Fsp3) is 0.652. The molecule has 3 N–H and O–H groups in total. The summed E-state index contributed by atoms with van der Waals surface area (Å²) in [5.41, 5.74) is 1.96. The van der Waals surface area contributed by atoms with Crippen LogP contribution in [0.5, 0.6) is 0 Å². The quantitative estimate of drug-likeness (QED) is 0.409. The summed E-state index contributed by atoms with van der Waals surface area (Å²) < 4.78 is 5.80. The molecule has 1 unspecified atom stereocenters. The molecule has 29 heavy (non-hydrogen) atoms. The summed E-state index contributed by atoms with van der Waals surface area (Å²) in [6.45, 7) is 8.60. The van der Waals surface area contributed by atoms with Crippen molar-refractivity contribution in [1.82, 2.24) is 10.6 Å². The second-order valence-electron chi connectivity index (χ2n) is 8.05. The average Bonchev–Trinajstić information content (AvgIpc) is 3.25. The number of hydrogen-bond donors (Lipinski definition) is 3. The van der Waals surface area contributed by atoms with Crippen molar-refractivity contribution in [2.45, 2.75) is 65.5 Å². The first-order valence-electron chi connectivity index (χ1n) is 11.0. The maximum atomic E-state index is 12.3. The highest BCUT2D eigenvalue weighted by atomic mass is 16.5. The van der Waals surface area contributed by atoms with Crippen LogP contribution in [0.15, 0.2) is 29.3 Å². The predicted molar refractivity (Wildman–Crippen MR) is 120 cm³/mol. The van der Waals surface area contributed by atoms with Gasteiger partial charge in [-0.1, -0.05) is 38.8 Å². The third kappa shape index (κ3) is 8.05. The molecule has 0 aromatic heterocycles. The first-order chi connectivity index (χ1) is 14.0. The third-order valence-corrected chi connectivity index (χ3v) is 5.45. The number of nitrogens with zero attached hydrogens (tertiary/aromatic N) is 1. The van der Waals surface area contributed by atoms with Crippen molar-refractivity contribution in [3.05, 3.63) is 29.8 Å². The van der Waals surface area contributed by atoms with Crippen molar-refractivity contribution in [3.63, 3.8) is 0 Å². The molecule has 0 saturated heterocycles. The number of rotatable bonds is 10. The Hall–Kier alpha value is -2.08. The maximum absolute atomic E-state index is 12.3. The molecular formula is C23H38N4O2. The Balaban J connectivity index is 1.79. The maximum Gasteiger partial charge on any atom is 0.227 e. The lowest BCUT2D eigenvalue weighted by Crippen LogP contribution is -2.38. The largest absolute Gasteiger partial charge is 0.378 e. The molecule has 0 aliphatic heterocycles. The van der Waals surface area contributed by atoms with E-state index >= 15 is 0 Å². The van der Waals surface area contributed by atoms with Crippen molar-refractivity contribution in [2.75, 3.05) is 25.5 Å². The molecule has 0 radical (unpaired) electrons. The zero-order valence-electron chi connectivity index (χ0n) is 18.5. The van der Waals surface area contributed by atoms with E-state index in [1.54, 1.807) is 7.05 Å². The summed E-state index contributed by atoms with van der Waals surface area (Å²) >= 11 is 0. The van der Waals surface area contributed by atoms with Gasteiger partial charge in [0.1, 0.15) is 0 Å². The first-order valence-corrected chi connectivity index (χ1v) is 11.0. The molecule has 6 heteroatoms. The average molecular weight is 403 g/mol. The molecule has 162 valence electrons. The number of guanidine groups is 1. The number of amides is 1. The van der Waals surface area contributed by atoms with Crippen LogP contribution in [0.3, 0.4) is 0 Å². The van der Waals surface area contributed by atoms with Crippen LogP contribution < -0.4 is 16.0 Å². The molecule has 1 saturated carbocycles. The van der Waals surface area contributed by atoms with Crippen molar-refractivity contribution >= 4 is 17.6 Å². The van der Waals surface area contributed by atoms with E-state index in [1.165, 1.54) is 0 Å². The highest BCUT2D eigenvalue weighted by Gasteiger charge is 2.22. The van der Waals surface area contributed by atoms with Gasteiger partial charge in [-0.05, 0) is 49.8 Å². The molecule has 1 aromatic carbocycles. The van der Waals surface area contributed by atoms with Crippen LogP contribution >= 0.6 is 0 Å². The highest BCUT2D eigenvalue weighted by Crippen LogP contribution is 2.26. The van der Waals surface area contributed by atoms with E-state index in [1.807, 2.05) is 25.1 Å². The molecule has 1 atom stereocenters. The Bertz CT molecular complexity index is 654. The minimum Gasteiger partial charge on any atom is -0.378 e. The normalized spacial score (nSPS) is 16.1. The van der Waals surface area contributed by atoms with Gasteiger partial charge in [0.05, 0.1) is 6.10 Å². The first kappa shape index (κ1) is 23.2. The summed E-state index contributed by atoms with van der Waals surface area (Å²) in [5.74, 6) is 1.59. The van der Waals surface area contributed by atoms with Crippen LogP contribution in [0.1, 0.15) is 58.4 Å². The van der Waals surface area contributed by atoms with E-state index < -0.39 is 0 Å². The second kappa shape index (κ2) is 12.5. The molecule has 1 fully saturated rings. The lowest BCUT2D eigenvalue weighted by Gasteiger charge is -2.21. The molecule has 0 bridgehead atoms. The second-order valence-corrected chi connectivity index (χ2v) is 8.05. The number of carbonyl (C=O) groups excluding carboxylic acids is 1. The minimum atomic E-state index is 0.152. The van der Waals surface area contributed by atoms with Crippen LogP contribution in [-0.4, -0.2) is 38.2 Å². The minimum absolute atomic E-state index is 0.152. The van der Waals surface area contributed by atoms with Gasteiger partial charge in [-0.25, -0.2) is 0 Å². The van der Waals surface area contributed by atoms with Gasteiger partial charge in [0.15, 0.2) is 5.96 Å². The Morgan fingerprint density at radius 3 is 2.66 bits per heavy atom. The van der Waals surface area contributed by atoms with Crippen molar-refractivity contribution < 1.29 is 9.53 Å². The number of aliphatic imine (C=N–C) groups is 1. The standard InChI is InChI=1S/C23H38N4O2/c1-5-29-21(17(2)3)13-14-25-23(24-4)26-16-18-9-8-12-20(15-18)27-22(28)19-10-6-7-11-19/h8-9,12,15,17,19,21H,5-7,10-11,13-14,16H2,1-4H3,(H,27,28)(H2,24,25,26). The lowest BCUT2D eigenvalue weighted by molar-refractivity contribution is -0.119. The molecule has 0 heterocycles. The lowest BCUT2D eigenvalue weighted by atomic mass is 10.0. The Morgan fingerprint density at radius 2 is 2.00 bits per heavy atom. The van der Waals surface area contributed by atoms with Gasteiger partial charge >= 0.3 is 0 Å². The van der Waals surface area contributed by atoms with Crippen molar-refractivity contribution in [2.24, 2.45) is 16.8 Å². The Morgan fingerprint density at radius 1 is 1.24 bits per heavy atom. The van der Waals surface area contributed by atoms with Gasteiger partial charge in [0.25, 0.3) is 0 Å². The molecule has 1 amide bonds. The fourth-order valence-electron chi connectivity index (χ4n) is 3.75. The summed E-state index contributed by atoms with van der Waals surface area (Å²) in [4.78, 5) is 16.6. The molecule has 1 aliphatic rings. The number of hydrogen-bond acceptors (Lipinski definition) is 3. The van der Waals surface area contributed by atoms with E-state index in [-0.39, 0.29) is 17.9 Å². The number of benzene rings is 1. The smallest absolute Gasteiger partial charge is 0.227 e. The molecule has 1 aromatic rings. The topological polar surface area (TPSA) is 74.8 Å². The van der Waals surface area contributed by atoms with Gasteiger partial charge in [0.2, 0.25) is 5.91 Å². The Labute approximate surface area is 175 Å². The van der Waals surface area contributed by atoms with Gasteiger partial charge in [-0.2, -0.15) is 0 Å². The summed E-state index contributed by atoms with van der Waals surface area (Å²) in [6, 6.07) is 8.00. The van der Waals surface area contributed by atoms with Crippen molar-refractivity contribution in [1.29, 1.82) is 0 Å². The van der Waals surface area contributed by atoms with Crippen molar-refractivity contribution in [3.8, 4) is 0 Å². The van der Waals surface area contributed by atoms with Crippen LogP contribution in [0, 0.1) is 11.8 Å². The number of anilines is 1. The molecule has 2 rings (SSSR count). The number of carbonyl (C=O) groups is 1.